The minimum Gasteiger partial charge on any atom is -0.375 e. The van der Waals surface area contributed by atoms with Crippen LogP contribution in [0.4, 0.5) is 26.3 Å². The number of hydrogen-bond acceptors (Lipinski definition) is 2. The number of aliphatic hydroxyl groups is 1. The monoisotopic (exact) mass is 512 g/mol. The van der Waals surface area contributed by atoms with Gasteiger partial charge in [-0.2, -0.15) is 26.3 Å². The number of rotatable bonds is 4. The fourth-order valence-electron chi connectivity index (χ4n) is 2.28. The van der Waals surface area contributed by atoms with E-state index in [2.05, 4.69) is 27.5 Å². The summed E-state index contributed by atoms with van der Waals surface area (Å²) in [5.74, 6) is -0.340. The van der Waals surface area contributed by atoms with Crippen LogP contribution in [0.1, 0.15) is 39.0 Å². The second-order valence-electron chi connectivity index (χ2n) is 6.78. The molecule has 0 fully saturated rings. The van der Waals surface area contributed by atoms with Crippen molar-refractivity contribution in [1.82, 2.24) is 9.55 Å². The van der Waals surface area contributed by atoms with Crippen LogP contribution in [-0.2, 0) is 11.8 Å². The molecule has 1 N–H and O–H groups in total. The quantitative estimate of drug-likeness (QED) is 0.267. The Labute approximate surface area is 185 Å². The topological polar surface area (TPSA) is 38.0 Å². The first-order valence-corrected chi connectivity index (χ1v) is 9.95. The Kier molecular flexibility index (Phi) is 8.73. The third-order valence-electron chi connectivity index (χ3n) is 4.35. The van der Waals surface area contributed by atoms with Gasteiger partial charge in [0, 0.05) is 22.3 Å². The highest BCUT2D eigenvalue weighted by Gasteiger charge is 2.53. The van der Waals surface area contributed by atoms with Gasteiger partial charge in [0.05, 0.1) is 5.56 Å². The molecule has 0 radical (unpaired) electrons. The summed E-state index contributed by atoms with van der Waals surface area (Å²) >= 11 is 3.26. The zero-order valence-electron chi connectivity index (χ0n) is 17.3. The van der Waals surface area contributed by atoms with Crippen molar-refractivity contribution in [2.24, 2.45) is 0 Å². The largest absolute Gasteiger partial charge is 0.422 e. The molecule has 172 valence electrons. The highest BCUT2D eigenvalue weighted by Crippen LogP contribution is 2.41. The summed E-state index contributed by atoms with van der Waals surface area (Å²) in [7, 11) is 0. The standard InChI is InChI=1S/C17H16F6N2O.C4H7Br/c1-4-10(2)25-9-13(15(3,26)17(21,22)23)24-14(25)11-7-5-6-8-12(11)16(18,19)20;1-3-4(2)5/h4-9,26H,1-3H3;3-4H,1H2,2H3/b10-4+;. The van der Waals surface area contributed by atoms with Gasteiger partial charge in [0.1, 0.15) is 11.5 Å². The molecule has 31 heavy (non-hydrogen) atoms. The first kappa shape index (κ1) is 27.0. The Bertz CT molecular complexity index is 927. The molecule has 2 atom stereocenters. The van der Waals surface area contributed by atoms with E-state index in [1.54, 1.807) is 6.92 Å². The summed E-state index contributed by atoms with van der Waals surface area (Å²) < 4.78 is 80.4. The van der Waals surface area contributed by atoms with Crippen LogP contribution in [0.15, 0.2) is 49.2 Å². The van der Waals surface area contributed by atoms with Crippen LogP contribution >= 0.6 is 15.9 Å². The Morgan fingerprint density at radius 2 is 1.71 bits per heavy atom. The molecule has 10 heteroatoms. The molecule has 0 amide bonds. The molecular formula is C21H23BrF6N2O. The van der Waals surface area contributed by atoms with E-state index in [4.69, 9.17) is 0 Å². The van der Waals surface area contributed by atoms with E-state index in [1.807, 2.05) is 13.0 Å². The van der Waals surface area contributed by atoms with Gasteiger partial charge in [0.15, 0.2) is 0 Å². The second-order valence-corrected chi connectivity index (χ2v) is 8.22. The van der Waals surface area contributed by atoms with E-state index in [9.17, 15) is 31.4 Å². The van der Waals surface area contributed by atoms with Crippen LogP contribution in [-0.4, -0.2) is 25.7 Å². The first-order valence-electron chi connectivity index (χ1n) is 9.03. The second kappa shape index (κ2) is 10.0. The maximum absolute atomic E-state index is 13.3. The van der Waals surface area contributed by atoms with Crippen molar-refractivity contribution in [1.29, 1.82) is 0 Å². The molecule has 2 aromatic rings. The van der Waals surface area contributed by atoms with Gasteiger partial charge < -0.3 is 9.67 Å². The van der Waals surface area contributed by atoms with Crippen molar-refractivity contribution < 1.29 is 31.4 Å². The maximum Gasteiger partial charge on any atom is 0.422 e. The Hall–Kier alpha value is -2.07. The molecule has 0 spiro atoms. The van der Waals surface area contributed by atoms with Crippen LogP contribution in [0, 0.1) is 0 Å². The lowest BCUT2D eigenvalue weighted by Crippen LogP contribution is -2.39. The average Bonchev–Trinajstić information content (AvgIpc) is 3.12. The third-order valence-corrected chi connectivity index (χ3v) is 4.73. The molecule has 1 heterocycles. The number of alkyl halides is 7. The number of allylic oxidation sites excluding steroid dienone is 3. The van der Waals surface area contributed by atoms with E-state index >= 15 is 0 Å². The molecule has 2 rings (SSSR count). The molecule has 1 aromatic heterocycles. The predicted octanol–water partition coefficient (Wildman–Crippen LogP) is 7.18. The smallest absolute Gasteiger partial charge is 0.375 e. The Morgan fingerprint density at radius 1 is 1.19 bits per heavy atom. The summed E-state index contributed by atoms with van der Waals surface area (Å²) in [5.41, 5.74) is -5.17. The van der Waals surface area contributed by atoms with Crippen molar-refractivity contribution in [3.63, 3.8) is 0 Å². The Balaban J connectivity index is 0.000000861. The molecule has 0 aliphatic carbocycles. The minimum atomic E-state index is -5.04. The summed E-state index contributed by atoms with van der Waals surface area (Å²) in [6.45, 7) is 9.13. The fraction of sp³-hybridized carbons (Fsp3) is 0.381. The van der Waals surface area contributed by atoms with Gasteiger partial charge in [-0.25, -0.2) is 4.98 Å². The molecule has 2 unspecified atom stereocenters. The molecule has 0 saturated heterocycles. The lowest BCUT2D eigenvalue weighted by molar-refractivity contribution is -0.260. The lowest BCUT2D eigenvalue weighted by Gasteiger charge is -2.24. The van der Waals surface area contributed by atoms with Crippen molar-refractivity contribution in [3.8, 4) is 11.4 Å². The predicted molar refractivity (Wildman–Crippen MR) is 112 cm³/mol. The number of benzene rings is 1. The highest BCUT2D eigenvalue weighted by molar-refractivity contribution is 9.09. The lowest BCUT2D eigenvalue weighted by atomic mass is 10.0. The zero-order valence-corrected chi connectivity index (χ0v) is 18.9. The summed E-state index contributed by atoms with van der Waals surface area (Å²) in [4.78, 5) is 4.17. The molecular weight excluding hydrogens is 490 g/mol. The Morgan fingerprint density at radius 3 is 2.13 bits per heavy atom. The van der Waals surface area contributed by atoms with Gasteiger partial charge in [-0.3, -0.25) is 0 Å². The summed E-state index contributed by atoms with van der Waals surface area (Å²) in [6, 6.07) is 4.45. The van der Waals surface area contributed by atoms with Gasteiger partial charge in [-0.15, -0.1) is 6.58 Å². The molecule has 0 aliphatic rings. The van der Waals surface area contributed by atoms with Crippen molar-refractivity contribution >= 4 is 21.6 Å². The van der Waals surface area contributed by atoms with Crippen LogP contribution in [0.25, 0.3) is 17.1 Å². The molecule has 0 aliphatic heterocycles. The van der Waals surface area contributed by atoms with E-state index in [-0.39, 0.29) is 11.4 Å². The van der Waals surface area contributed by atoms with Gasteiger partial charge in [-0.1, -0.05) is 46.3 Å². The van der Waals surface area contributed by atoms with Gasteiger partial charge in [0.2, 0.25) is 5.60 Å². The molecule has 0 bridgehead atoms. The normalized spacial score (nSPS) is 15.5. The number of hydrogen-bond donors (Lipinski definition) is 1. The summed E-state index contributed by atoms with van der Waals surface area (Å²) in [5, 5.41) is 9.85. The van der Waals surface area contributed by atoms with Crippen LogP contribution in [0.3, 0.4) is 0 Å². The van der Waals surface area contributed by atoms with Crippen molar-refractivity contribution in [3.05, 3.63) is 60.5 Å². The van der Waals surface area contributed by atoms with Crippen molar-refractivity contribution in [2.45, 2.75) is 50.5 Å². The van der Waals surface area contributed by atoms with Gasteiger partial charge in [0.25, 0.3) is 0 Å². The van der Waals surface area contributed by atoms with Gasteiger partial charge in [-0.05, 0) is 33.8 Å². The third kappa shape index (κ3) is 6.46. The van der Waals surface area contributed by atoms with E-state index in [0.29, 0.717) is 17.4 Å². The number of nitrogens with zero attached hydrogens (tertiary/aromatic N) is 2. The molecule has 0 saturated carbocycles. The van der Waals surface area contributed by atoms with Gasteiger partial charge >= 0.3 is 12.4 Å². The fourth-order valence-corrected chi connectivity index (χ4v) is 2.28. The van der Waals surface area contributed by atoms with E-state index in [1.165, 1.54) is 25.1 Å². The minimum absolute atomic E-state index is 0.340. The van der Waals surface area contributed by atoms with E-state index in [0.717, 1.165) is 22.9 Å². The number of imidazole rings is 1. The highest BCUT2D eigenvalue weighted by atomic mass is 79.9. The SMILES string of the molecule is C/C=C(\C)n1cc(C(C)(O)C(F)(F)F)nc1-c1ccccc1C(F)(F)F.C=CC(C)Br. The maximum atomic E-state index is 13.3. The molecule has 3 nitrogen and oxygen atoms in total. The summed E-state index contributed by atoms with van der Waals surface area (Å²) in [6.07, 6.45) is -5.53. The number of aromatic nitrogens is 2. The van der Waals surface area contributed by atoms with Crippen LogP contribution < -0.4 is 0 Å². The van der Waals surface area contributed by atoms with Crippen LogP contribution in [0.2, 0.25) is 0 Å². The molecule has 1 aromatic carbocycles. The zero-order chi connectivity index (χ0) is 24.2. The van der Waals surface area contributed by atoms with Crippen molar-refractivity contribution in [2.75, 3.05) is 0 Å². The van der Waals surface area contributed by atoms with E-state index < -0.39 is 29.2 Å². The number of halogens is 7. The first-order chi connectivity index (χ1) is 14.1. The van der Waals surface area contributed by atoms with Crippen LogP contribution in [0.5, 0.6) is 0 Å². The average molecular weight is 513 g/mol.